The number of nitrogens with zero attached hydrogens (tertiary/aromatic N) is 2. The van der Waals surface area contributed by atoms with Crippen LogP contribution in [0.15, 0.2) is 36.4 Å². The number of hydrogen-bond donors (Lipinski definition) is 1. The third-order valence-corrected chi connectivity index (χ3v) is 5.89. The molecule has 0 saturated carbocycles. The van der Waals surface area contributed by atoms with E-state index in [1.165, 1.54) is 22.5 Å². The highest BCUT2D eigenvalue weighted by molar-refractivity contribution is 7.22. The first-order valence-corrected chi connectivity index (χ1v) is 9.98. The molecule has 1 aliphatic heterocycles. The third-order valence-electron chi connectivity index (χ3n) is 4.95. The third kappa shape index (κ3) is 4.18. The zero-order chi connectivity index (χ0) is 18.8. The highest BCUT2D eigenvalue weighted by Gasteiger charge is 2.13. The number of thiazole rings is 1. The number of rotatable bonds is 4. The Balaban J connectivity index is 1.49. The van der Waals surface area contributed by atoms with Crippen molar-refractivity contribution >= 4 is 32.6 Å². The lowest BCUT2D eigenvalue weighted by Gasteiger charge is -2.26. The largest absolute Gasteiger partial charge is 0.379 e. The minimum absolute atomic E-state index is 0.120. The summed E-state index contributed by atoms with van der Waals surface area (Å²) in [6, 6.07) is 12.1. The maximum atomic E-state index is 12.5. The molecule has 1 N–H and O–H groups in total. The first-order valence-electron chi connectivity index (χ1n) is 9.17. The van der Waals surface area contributed by atoms with Gasteiger partial charge in [0.1, 0.15) is 0 Å². The van der Waals surface area contributed by atoms with Crippen LogP contribution in [-0.2, 0) is 11.3 Å². The molecule has 0 spiro atoms. The van der Waals surface area contributed by atoms with Crippen LogP contribution < -0.4 is 5.32 Å². The number of carbonyl (C=O) groups is 1. The number of hydrogen-bond acceptors (Lipinski definition) is 5. The Morgan fingerprint density at radius 1 is 1.15 bits per heavy atom. The topological polar surface area (TPSA) is 54.5 Å². The van der Waals surface area contributed by atoms with Gasteiger partial charge in [-0.15, -0.1) is 0 Å². The lowest BCUT2D eigenvalue weighted by atomic mass is 10.1. The predicted octanol–water partition coefficient (Wildman–Crippen LogP) is 4.00. The molecule has 27 heavy (non-hydrogen) atoms. The Hall–Kier alpha value is -2.28. The second kappa shape index (κ2) is 7.76. The number of ether oxygens (including phenoxy) is 1. The van der Waals surface area contributed by atoms with E-state index in [-0.39, 0.29) is 5.91 Å². The summed E-state index contributed by atoms with van der Waals surface area (Å²) in [6.07, 6.45) is 0. The first-order chi connectivity index (χ1) is 13.1. The van der Waals surface area contributed by atoms with Crippen LogP contribution in [0.5, 0.6) is 0 Å². The van der Waals surface area contributed by atoms with Crippen LogP contribution in [0.4, 0.5) is 5.13 Å². The van der Waals surface area contributed by atoms with Gasteiger partial charge in [-0.1, -0.05) is 23.5 Å². The van der Waals surface area contributed by atoms with Crippen molar-refractivity contribution in [1.29, 1.82) is 0 Å². The van der Waals surface area contributed by atoms with Crippen molar-refractivity contribution in [3.8, 4) is 0 Å². The van der Waals surface area contributed by atoms with E-state index in [0.29, 0.717) is 10.7 Å². The first kappa shape index (κ1) is 18.1. The number of anilines is 1. The molecule has 0 aliphatic carbocycles. The van der Waals surface area contributed by atoms with E-state index in [1.807, 2.05) is 38.1 Å². The number of benzene rings is 2. The van der Waals surface area contributed by atoms with Crippen LogP contribution >= 0.6 is 11.3 Å². The van der Waals surface area contributed by atoms with Crippen LogP contribution in [0.2, 0.25) is 0 Å². The number of nitrogens with one attached hydrogen (secondary N) is 1. The van der Waals surface area contributed by atoms with Gasteiger partial charge in [-0.2, -0.15) is 0 Å². The summed E-state index contributed by atoms with van der Waals surface area (Å²) in [5, 5.41) is 3.57. The van der Waals surface area contributed by atoms with Crippen LogP contribution in [-0.4, -0.2) is 42.1 Å². The fourth-order valence-electron chi connectivity index (χ4n) is 3.19. The van der Waals surface area contributed by atoms with E-state index in [0.717, 1.165) is 48.6 Å². The van der Waals surface area contributed by atoms with Crippen molar-refractivity contribution in [2.75, 3.05) is 31.6 Å². The highest BCUT2D eigenvalue weighted by Crippen LogP contribution is 2.28. The molecule has 0 atom stereocenters. The van der Waals surface area contributed by atoms with Gasteiger partial charge in [-0.3, -0.25) is 15.0 Å². The smallest absolute Gasteiger partial charge is 0.257 e. The van der Waals surface area contributed by atoms with Crippen molar-refractivity contribution < 1.29 is 9.53 Å². The number of fused-ring (bicyclic) bond motifs is 1. The standard InChI is InChI=1S/C21H23N3O2S/c1-14-3-5-17(11-15(14)2)20(25)23-21-22-18-6-4-16(12-19(18)27-21)13-24-7-9-26-10-8-24/h3-6,11-12H,7-10,13H2,1-2H3,(H,22,23,25). The van der Waals surface area contributed by atoms with Gasteiger partial charge in [0.25, 0.3) is 5.91 Å². The molecule has 1 saturated heterocycles. The van der Waals surface area contributed by atoms with E-state index in [4.69, 9.17) is 4.74 Å². The molecule has 140 valence electrons. The molecule has 0 bridgehead atoms. The summed E-state index contributed by atoms with van der Waals surface area (Å²) >= 11 is 1.52. The molecule has 2 aromatic carbocycles. The number of aromatic nitrogens is 1. The fourth-order valence-corrected chi connectivity index (χ4v) is 4.11. The number of aryl methyl sites for hydroxylation is 2. The zero-order valence-corrected chi connectivity index (χ0v) is 16.4. The van der Waals surface area contributed by atoms with Gasteiger partial charge in [0.2, 0.25) is 0 Å². The molecule has 5 nitrogen and oxygen atoms in total. The summed E-state index contributed by atoms with van der Waals surface area (Å²) in [5.74, 6) is -0.120. The van der Waals surface area contributed by atoms with E-state index < -0.39 is 0 Å². The zero-order valence-electron chi connectivity index (χ0n) is 15.6. The van der Waals surface area contributed by atoms with E-state index in [9.17, 15) is 4.79 Å². The van der Waals surface area contributed by atoms with Crippen LogP contribution in [0, 0.1) is 13.8 Å². The maximum Gasteiger partial charge on any atom is 0.257 e. The molecule has 4 rings (SSSR count). The summed E-state index contributed by atoms with van der Waals surface area (Å²) in [5.41, 5.74) is 5.13. The Morgan fingerprint density at radius 2 is 1.96 bits per heavy atom. The van der Waals surface area contributed by atoms with Gasteiger partial charge in [0.15, 0.2) is 5.13 Å². The molecule has 6 heteroatoms. The average molecular weight is 382 g/mol. The summed E-state index contributed by atoms with van der Waals surface area (Å²) < 4.78 is 6.50. The molecule has 1 aliphatic rings. The van der Waals surface area contributed by atoms with Crippen LogP contribution in [0.25, 0.3) is 10.2 Å². The van der Waals surface area contributed by atoms with Crippen LogP contribution in [0.3, 0.4) is 0 Å². The molecule has 0 radical (unpaired) electrons. The number of carbonyl (C=O) groups excluding carboxylic acids is 1. The summed E-state index contributed by atoms with van der Waals surface area (Å²) in [7, 11) is 0. The molecule has 3 aromatic rings. The summed E-state index contributed by atoms with van der Waals surface area (Å²) in [4.78, 5) is 19.5. The minimum atomic E-state index is -0.120. The monoisotopic (exact) mass is 381 g/mol. The molecule has 2 heterocycles. The SMILES string of the molecule is Cc1ccc(C(=O)Nc2nc3ccc(CN4CCOCC4)cc3s2)cc1C. The Morgan fingerprint density at radius 3 is 2.74 bits per heavy atom. The lowest BCUT2D eigenvalue weighted by molar-refractivity contribution is 0.0342. The van der Waals surface area contributed by atoms with Crippen molar-refractivity contribution in [2.24, 2.45) is 0 Å². The Labute approximate surface area is 163 Å². The van der Waals surface area contributed by atoms with Gasteiger partial charge in [-0.25, -0.2) is 4.98 Å². The molecule has 1 aromatic heterocycles. The Bertz CT molecular complexity index is 977. The van der Waals surface area contributed by atoms with Gasteiger partial charge >= 0.3 is 0 Å². The fraction of sp³-hybridized carbons (Fsp3) is 0.333. The molecule has 1 fully saturated rings. The molecule has 1 amide bonds. The van der Waals surface area contributed by atoms with Crippen molar-refractivity contribution in [2.45, 2.75) is 20.4 Å². The molecule has 0 unspecified atom stereocenters. The normalized spacial score (nSPS) is 15.2. The van der Waals surface area contributed by atoms with Gasteiger partial charge in [-0.05, 0) is 54.8 Å². The van der Waals surface area contributed by atoms with Crippen molar-refractivity contribution in [3.63, 3.8) is 0 Å². The van der Waals surface area contributed by atoms with Crippen molar-refractivity contribution in [3.05, 3.63) is 58.7 Å². The average Bonchev–Trinajstić information content (AvgIpc) is 3.06. The summed E-state index contributed by atoms with van der Waals surface area (Å²) in [6.45, 7) is 8.52. The van der Waals surface area contributed by atoms with E-state index >= 15 is 0 Å². The van der Waals surface area contributed by atoms with Gasteiger partial charge in [0.05, 0.1) is 23.4 Å². The Kier molecular flexibility index (Phi) is 5.20. The quantitative estimate of drug-likeness (QED) is 0.742. The number of morpholine rings is 1. The number of amides is 1. The molecular weight excluding hydrogens is 358 g/mol. The lowest BCUT2D eigenvalue weighted by Crippen LogP contribution is -2.35. The second-order valence-corrected chi connectivity index (χ2v) is 7.99. The second-order valence-electron chi connectivity index (χ2n) is 6.96. The molecular formula is C21H23N3O2S. The van der Waals surface area contributed by atoms with E-state index in [1.54, 1.807) is 0 Å². The van der Waals surface area contributed by atoms with Crippen LogP contribution in [0.1, 0.15) is 27.0 Å². The minimum Gasteiger partial charge on any atom is -0.379 e. The van der Waals surface area contributed by atoms with Crippen molar-refractivity contribution in [1.82, 2.24) is 9.88 Å². The maximum absolute atomic E-state index is 12.5. The predicted molar refractivity (Wildman–Crippen MR) is 110 cm³/mol. The van der Waals surface area contributed by atoms with Gasteiger partial charge in [0, 0.05) is 25.2 Å². The van der Waals surface area contributed by atoms with Gasteiger partial charge < -0.3 is 4.74 Å². The highest BCUT2D eigenvalue weighted by atomic mass is 32.1. The van der Waals surface area contributed by atoms with E-state index in [2.05, 4.69) is 27.3 Å².